The SMILES string of the molecule is COc1cc(C2(NC(=O)OCc3ccccc3)CC2)ccc1Br. The van der Waals surface area contributed by atoms with Gasteiger partial charge in [-0.15, -0.1) is 0 Å². The van der Waals surface area contributed by atoms with Gasteiger partial charge in [0.15, 0.2) is 0 Å². The van der Waals surface area contributed by atoms with Gasteiger partial charge in [-0.25, -0.2) is 4.79 Å². The Labute approximate surface area is 143 Å². The Morgan fingerprint density at radius 2 is 1.96 bits per heavy atom. The van der Waals surface area contributed by atoms with Crippen LogP contribution < -0.4 is 10.1 Å². The third kappa shape index (κ3) is 3.67. The molecule has 0 spiro atoms. The number of carbonyl (C=O) groups is 1. The van der Waals surface area contributed by atoms with Crippen LogP contribution >= 0.6 is 15.9 Å². The Morgan fingerprint density at radius 3 is 2.61 bits per heavy atom. The van der Waals surface area contributed by atoms with Crippen LogP contribution in [-0.2, 0) is 16.9 Å². The molecule has 0 aromatic heterocycles. The van der Waals surface area contributed by atoms with E-state index in [1.807, 2.05) is 48.5 Å². The number of carbonyl (C=O) groups excluding carboxylic acids is 1. The van der Waals surface area contributed by atoms with E-state index >= 15 is 0 Å². The third-order valence-corrected chi connectivity index (χ3v) is 4.66. The number of hydrogen-bond acceptors (Lipinski definition) is 3. The van der Waals surface area contributed by atoms with E-state index in [9.17, 15) is 4.79 Å². The van der Waals surface area contributed by atoms with E-state index in [1.54, 1.807) is 7.11 Å². The maximum Gasteiger partial charge on any atom is 0.408 e. The first-order valence-corrected chi connectivity index (χ1v) is 8.25. The van der Waals surface area contributed by atoms with Gasteiger partial charge in [0.1, 0.15) is 12.4 Å². The van der Waals surface area contributed by atoms with Crippen molar-refractivity contribution in [1.29, 1.82) is 0 Å². The molecule has 1 amide bonds. The lowest BCUT2D eigenvalue weighted by Gasteiger charge is -2.19. The lowest BCUT2D eigenvalue weighted by Crippen LogP contribution is -2.35. The summed E-state index contributed by atoms with van der Waals surface area (Å²) in [6, 6.07) is 15.5. The van der Waals surface area contributed by atoms with Crippen molar-refractivity contribution in [2.45, 2.75) is 25.0 Å². The standard InChI is InChI=1S/C18H18BrNO3/c1-22-16-11-14(7-8-15(16)19)18(9-10-18)20-17(21)23-12-13-5-3-2-4-6-13/h2-8,11H,9-10,12H2,1H3,(H,20,21). The molecule has 2 aromatic rings. The highest BCUT2D eigenvalue weighted by atomic mass is 79.9. The summed E-state index contributed by atoms with van der Waals surface area (Å²) in [5, 5.41) is 2.99. The van der Waals surface area contributed by atoms with Crippen LogP contribution in [0.4, 0.5) is 4.79 Å². The first-order chi connectivity index (χ1) is 11.1. The van der Waals surface area contributed by atoms with E-state index in [0.717, 1.165) is 34.2 Å². The normalized spacial score (nSPS) is 14.9. The van der Waals surface area contributed by atoms with E-state index in [0.29, 0.717) is 0 Å². The van der Waals surface area contributed by atoms with Crippen LogP contribution in [0.15, 0.2) is 53.0 Å². The van der Waals surface area contributed by atoms with Gasteiger partial charge >= 0.3 is 6.09 Å². The summed E-state index contributed by atoms with van der Waals surface area (Å²) in [7, 11) is 1.63. The Bertz CT molecular complexity index is 699. The number of methoxy groups -OCH3 is 1. The van der Waals surface area contributed by atoms with E-state index < -0.39 is 6.09 Å². The average molecular weight is 376 g/mol. The summed E-state index contributed by atoms with van der Waals surface area (Å²) in [4.78, 5) is 12.1. The lowest BCUT2D eigenvalue weighted by atomic mass is 10.0. The van der Waals surface area contributed by atoms with Crippen molar-refractivity contribution in [2.75, 3.05) is 7.11 Å². The molecule has 3 rings (SSSR count). The first-order valence-electron chi connectivity index (χ1n) is 7.46. The van der Waals surface area contributed by atoms with Crippen LogP contribution in [0, 0.1) is 0 Å². The Balaban J connectivity index is 1.64. The molecule has 5 heteroatoms. The fraction of sp³-hybridized carbons (Fsp3) is 0.278. The van der Waals surface area contributed by atoms with Gasteiger partial charge in [0.2, 0.25) is 0 Å². The van der Waals surface area contributed by atoms with Crippen molar-refractivity contribution in [1.82, 2.24) is 5.32 Å². The molecule has 0 atom stereocenters. The van der Waals surface area contributed by atoms with Crippen molar-refractivity contribution in [3.63, 3.8) is 0 Å². The number of amides is 1. The first kappa shape index (κ1) is 15.9. The molecule has 4 nitrogen and oxygen atoms in total. The molecule has 1 fully saturated rings. The summed E-state index contributed by atoms with van der Waals surface area (Å²) in [5.74, 6) is 0.758. The van der Waals surface area contributed by atoms with Gasteiger partial charge in [-0.1, -0.05) is 36.4 Å². The minimum Gasteiger partial charge on any atom is -0.496 e. The van der Waals surface area contributed by atoms with Crippen LogP contribution in [0.5, 0.6) is 5.75 Å². The predicted octanol–water partition coefficient (Wildman–Crippen LogP) is 4.37. The van der Waals surface area contributed by atoms with Crippen molar-refractivity contribution < 1.29 is 14.3 Å². The van der Waals surface area contributed by atoms with Gasteiger partial charge in [-0.2, -0.15) is 0 Å². The third-order valence-electron chi connectivity index (χ3n) is 4.01. The van der Waals surface area contributed by atoms with Gasteiger partial charge in [-0.05, 0) is 52.0 Å². The zero-order valence-corrected chi connectivity index (χ0v) is 14.4. The Hall–Kier alpha value is -2.01. The van der Waals surface area contributed by atoms with Gasteiger partial charge in [0.25, 0.3) is 0 Å². The highest BCUT2D eigenvalue weighted by Crippen LogP contribution is 2.47. The number of benzene rings is 2. The molecule has 0 unspecified atom stereocenters. The lowest BCUT2D eigenvalue weighted by molar-refractivity contribution is 0.134. The molecule has 0 bridgehead atoms. The highest BCUT2D eigenvalue weighted by Gasteiger charge is 2.46. The molecule has 120 valence electrons. The van der Waals surface area contributed by atoms with Crippen LogP contribution in [-0.4, -0.2) is 13.2 Å². The van der Waals surface area contributed by atoms with E-state index in [1.165, 1.54) is 0 Å². The smallest absolute Gasteiger partial charge is 0.408 e. The minimum atomic E-state index is -0.395. The molecular formula is C18H18BrNO3. The van der Waals surface area contributed by atoms with Crippen LogP contribution in [0.3, 0.4) is 0 Å². The Morgan fingerprint density at radius 1 is 1.22 bits per heavy atom. The molecule has 0 saturated heterocycles. The summed E-state index contributed by atoms with van der Waals surface area (Å²) >= 11 is 3.44. The minimum absolute atomic E-state index is 0.270. The average Bonchev–Trinajstić information content (AvgIpc) is 3.35. The number of halogens is 1. The summed E-state index contributed by atoms with van der Waals surface area (Å²) in [6.07, 6.45) is 1.41. The molecule has 1 saturated carbocycles. The van der Waals surface area contributed by atoms with Gasteiger partial charge in [-0.3, -0.25) is 0 Å². The van der Waals surface area contributed by atoms with Crippen LogP contribution in [0.25, 0.3) is 0 Å². The molecule has 0 radical (unpaired) electrons. The van der Waals surface area contributed by atoms with Crippen molar-refractivity contribution in [2.24, 2.45) is 0 Å². The number of alkyl carbamates (subject to hydrolysis) is 1. The second kappa shape index (κ2) is 6.62. The van der Waals surface area contributed by atoms with Crippen LogP contribution in [0.1, 0.15) is 24.0 Å². The number of nitrogens with one attached hydrogen (secondary N) is 1. The topological polar surface area (TPSA) is 47.6 Å². The van der Waals surface area contributed by atoms with Gasteiger partial charge in [0.05, 0.1) is 17.1 Å². The summed E-state index contributed by atoms with van der Waals surface area (Å²) in [6.45, 7) is 0.270. The largest absolute Gasteiger partial charge is 0.496 e. The maximum absolute atomic E-state index is 12.1. The van der Waals surface area contributed by atoms with Crippen molar-refractivity contribution >= 4 is 22.0 Å². The van der Waals surface area contributed by atoms with E-state index in [2.05, 4.69) is 21.2 Å². The molecule has 2 aromatic carbocycles. The Kier molecular flexibility index (Phi) is 4.57. The predicted molar refractivity (Wildman–Crippen MR) is 91.4 cm³/mol. The summed E-state index contributed by atoms with van der Waals surface area (Å²) < 4.78 is 11.5. The molecule has 1 N–H and O–H groups in total. The summed E-state index contributed by atoms with van der Waals surface area (Å²) in [5.41, 5.74) is 1.67. The molecule has 23 heavy (non-hydrogen) atoms. The maximum atomic E-state index is 12.1. The van der Waals surface area contributed by atoms with Crippen LogP contribution in [0.2, 0.25) is 0 Å². The van der Waals surface area contributed by atoms with Crippen molar-refractivity contribution in [3.8, 4) is 5.75 Å². The van der Waals surface area contributed by atoms with Gasteiger partial charge in [0, 0.05) is 0 Å². The number of rotatable bonds is 5. The zero-order valence-electron chi connectivity index (χ0n) is 12.8. The quantitative estimate of drug-likeness (QED) is 0.843. The molecule has 1 aliphatic rings. The monoisotopic (exact) mass is 375 g/mol. The van der Waals surface area contributed by atoms with E-state index in [-0.39, 0.29) is 12.1 Å². The second-order valence-corrected chi connectivity index (χ2v) is 6.47. The molecular weight excluding hydrogens is 358 g/mol. The second-order valence-electron chi connectivity index (χ2n) is 5.62. The zero-order chi connectivity index (χ0) is 16.3. The number of hydrogen-bond donors (Lipinski definition) is 1. The molecule has 1 aliphatic carbocycles. The fourth-order valence-corrected chi connectivity index (χ4v) is 2.93. The van der Waals surface area contributed by atoms with Gasteiger partial charge < -0.3 is 14.8 Å². The van der Waals surface area contributed by atoms with Crippen molar-refractivity contribution in [3.05, 3.63) is 64.1 Å². The highest BCUT2D eigenvalue weighted by molar-refractivity contribution is 9.10. The number of ether oxygens (including phenoxy) is 2. The molecule has 0 heterocycles. The fourth-order valence-electron chi connectivity index (χ4n) is 2.52. The molecule has 0 aliphatic heterocycles. The van der Waals surface area contributed by atoms with E-state index in [4.69, 9.17) is 9.47 Å².